The largest absolute Gasteiger partial charge is 0.573 e. The molecule has 1 aliphatic heterocycles. The van der Waals surface area contributed by atoms with Crippen LogP contribution in [0.3, 0.4) is 0 Å². The zero-order valence-electron chi connectivity index (χ0n) is 16.8. The molecule has 0 radical (unpaired) electrons. The van der Waals surface area contributed by atoms with Gasteiger partial charge in [0.2, 0.25) is 0 Å². The van der Waals surface area contributed by atoms with Crippen molar-refractivity contribution in [2.24, 2.45) is 0 Å². The number of benzene rings is 3. The molecule has 1 N–H and O–H groups in total. The van der Waals surface area contributed by atoms with Crippen molar-refractivity contribution in [1.29, 1.82) is 0 Å². The van der Waals surface area contributed by atoms with E-state index >= 15 is 0 Å². The van der Waals surface area contributed by atoms with Crippen molar-refractivity contribution in [3.8, 4) is 5.75 Å². The number of alkyl halides is 3. The average Bonchev–Trinajstić information content (AvgIpc) is 2.72. The van der Waals surface area contributed by atoms with Gasteiger partial charge in [-0.2, -0.15) is 0 Å². The van der Waals surface area contributed by atoms with Gasteiger partial charge in [-0.05, 0) is 48.2 Å². The van der Waals surface area contributed by atoms with Gasteiger partial charge in [0.1, 0.15) is 5.75 Å². The number of halogens is 3. The maximum Gasteiger partial charge on any atom is 0.573 e. The minimum absolute atomic E-state index is 0.168. The monoisotopic (exact) mass is 414 g/mol. The molecule has 0 aliphatic carbocycles. The van der Waals surface area contributed by atoms with E-state index in [4.69, 9.17) is 0 Å². The van der Waals surface area contributed by atoms with Gasteiger partial charge in [-0.3, -0.25) is 0 Å². The van der Waals surface area contributed by atoms with Gasteiger partial charge in [0.15, 0.2) is 0 Å². The molecule has 1 fully saturated rings. The predicted octanol–water partition coefficient (Wildman–Crippen LogP) is 6.06. The van der Waals surface area contributed by atoms with E-state index in [-0.39, 0.29) is 17.8 Å². The Hall–Kier alpha value is -2.73. The van der Waals surface area contributed by atoms with Crippen molar-refractivity contribution in [3.63, 3.8) is 0 Å². The number of nitrogens with one attached hydrogen (secondary N) is 1. The molecule has 3 aromatic rings. The van der Waals surface area contributed by atoms with Crippen LogP contribution in [0.25, 0.3) is 10.8 Å². The van der Waals surface area contributed by atoms with Crippen LogP contribution in [0.4, 0.5) is 18.9 Å². The highest BCUT2D eigenvalue weighted by Crippen LogP contribution is 2.29. The van der Waals surface area contributed by atoms with Crippen molar-refractivity contribution in [1.82, 2.24) is 5.32 Å². The van der Waals surface area contributed by atoms with Crippen LogP contribution in [-0.4, -0.2) is 25.5 Å². The Labute approximate surface area is 174 Å². The summed E-state index contributed by atoms with van der Waals surface area (Å²) in [5.74, 6) is -0.181. The molecule has 3 aromatic carbocycles. The second-order valence-electron chi connectivity index (χ2n) is 7.79. The van der Waals surface area contributed by atoms with Crippen LogP contribution in [0.2, 0.25) is 0 Å². The molecule has 2 atom stereocenters. The Balaban J connectivity index is 1.46. The maximum atomic E-state index is 12.5. The number of hydrogen-bond acceptors (Lipinski definition) is 3. The van der Waals surface area contributed by atoms with E-state index in [0.29, 0.717) is 0 Å². The SMILES string of the molecule is CC(NC1CCCN(c2cccc(OC(F)(F)F)c2)C1)c1cccc2ccccc12. The van der Waals surface area contributed by atoms with E-state index in [1.165, 1.54) is 28.5 Å². The summed E-state index contributed by atoms with van der Waals surface area (Å²) in [6.07, 6.45) is -2.67. The molecule has 0 amide bonds. The van der Waals surface area contributed by atoms with Gasteiger partial charge in [0.05, 0.1) is 0 Å². The van der Waals surface area contributed by atoms with Gasteiger partial charge < -0.3 is 15.0 Å². The number of nitrogens with zero attached hydrogens (tertiary/aromatic N) is 1. The zero-order chi connectivity index (χ0) is 21.1. The minimum atomic E-state index is -4.68. The van der Waals surface area contributed by atoms with Gasteiger partial charge in [0, 0.05) is 36.9 Å². The number of anilines is 1. The molecule has 2 unspecified atom stereocenters. The van der Waals surface area contributed by atoms with E-state index in [2.05, 4.69) is 58.3 Å². The van der Waals surface area contributed by atoms with Crippen molar-refractivity contribution in [2.75, 3.05) is 18.0 Å². The number of ether oxygens (including phenoxy) is 1. The summed E-state index contributed by atoms with van der Waals surface area (Å²) in [5.41, 5.74) is 2.01. The van der Waals surface area contributed by atoms with E-state index in [1.54, 1.807) is 6.07 Å². The topological polar surface area (TPSA) is 24.5 Å². The summed E-state index contributed by atoms with van der Waals surface area (Å²) < 4.78 is 41.7. The fraction of sp³-hybridized carbons (Fsp3) is 0.333. The molecule has 30 heavy (non-hydrogen) atoms. The van der Waals surface area contributed by atoms with Crippen LogP contribution in [0.1, 0.15) is 31.4 Å². The molecule has 4 rings (SSSR count). The third kappa shape index (κ3) is 4.87. The second kappa shape index (κ2) is 8.56. The lowest BCUT2D eigenvalue weighted by Crippen LogP contribution is -2.46. The van der Waals surface area contributed by atoms with Crippen molar-refractivity contribution in [2.45, 2.75) is 38.2 Å². The van der Waals surface area contributed by atoms with Crippen LogP contribution in [0.15, 0.2) is 66.7 Å². The third-order valence-electron chi connectivity index (χ3n) is 5.61. The lowest BCUT2D eigenvalue weighted by molar-refractivity contribution is -0.274. The van der Waals surface area contributed by atoms with Crippen LogP contribution in [0.5, 0.6) is 5.75 Å². The van der Waals surface area contributed by atoms with Gasteiger partial charge >= 0.3 is 6.36 Å². The highest BCUT2D eigenvalue weighted by molar-refractivity contribution is 5.86. The first-order chi connectivity index (χ1) is 14.4. The molecule has 1 aliphatic rings. The van der Waals surface area contributed by atoms with Crippen molar-refractivity contribution < 1.29 is 17.9 Å². The molecule has 1 heterocycles. The van der Waals surface area contributed by atoms with Gasteiger partial charge in [0.25, 0.3) is 0 Å². The fourth-order valence-electron chi connectivity index (χ4n) is 4.30. The summed E-state index contributed by atoms with van der Waals surface area (Å²) in [5, 5.41) is 6.19. The quantitative estimate of drug-likeness (QED) is 0.549. The molecule has 0 bridgehead atoms. The van der Waals surface area contributed by atoms with Crippen molar-refractivity contribution in [3.05, 3.63) is 72.3 Å². The number of rotatable bonds is 5. The summed E-state index contributed by atoms with van der Waals surface area (Å²) in [4.78, 5) is 2.13. The highest BCUT2D eigenvalue weighted by Gasteiger charge is 2.31. The zero-order valence-corrected chi connectivity index (χ0v) is 16.8. The van der Waals surface area contributed by atoms with E-state index in [0.717, 1.165) is 31.6 Å². The van der Waals surface area contributed by atoms with Crippen molar-refractivity contribution >= 4 is 16.5 Å². The summed E-state index contributed by atoms with van der Waals surface area (Å²) in [7, 11) is 0. The normalized spacial score (nSPS) is 18.4. The molecular formula is C24H25F3N2O. The van der Waals surface area contributed by atoms with Gasteiger partial charge in [-0.25, -0.2) is 0 Å². The van der Waals surface area contributed by atoms with E-state index in [9.17, 15) is 13.2 Å². The lowest BCUT2D eigenvalue weighted by atomic mass is 9.97. The fourth-order valence-corrected chi connectivity index (χ4v) is 4.30. The smallest absolute Gasteiger partial charge is 0.406 e. The molecule has 0 saturated carbocycles. The minimum Gasteiger partial charge on any atom is -0.406 e. The first-order valence-electron chi connectivity index (χ1n) is 10.2. The summed E-state index contributed by atoms with van der Waals surface area (Å²) in [6.45, 7) is 3.72. The Morgan fingerprint density at radius 2 is 1.80 bits per heavy atom. The van der Waals surface area contributed by atoms with Gasteiger partial charge in [-0.15, -0.1) is 13.2 Å². The lowest BCUT2D eigenvalue weighted by Gasteiger charge is -2.36. The summed E-state index contributed by atoms with van der Waals surface area (Å²) in [6, 6.07) is 21.3. The van der Waals surface area contributed by atoms with E-state index in [1.807, 2.05) is 12.1 Å². The third-order valence-corrected chi connectivity index (χ3v) is 5.61. The van der Waals surface area contributed by atoms with Crippen LogP contribution in [0, 0.1) is 0 Å². The Morgan fingerprint density at radius 1 is 1.03 bits per heavy atom. The maximum absolute atomic E-state index is 12.5. The molecule has 1 saturated heterocycles. The van der Waals surface area contributed by atoms with Crippen LogP contribution < -0.4 is 15.0 Å². The Kier molecular flexibility index (Phi) is 5.86. The first kappa shape index (κ1) is 20.5. The summed E-state index contributed by atoms with van der Waals surface area (Å²) >= 11 is 0. The molecule has 158 valence electrons. The molecule has 0 aromatic heterocycles. The Bertz CT molecular complexity index is 1000. The van der Waals surface area contributed by atoms with Crippen LogP contribution >= 0.6 is 0 Å². The highest BCUT2D eigenvalue weighted by atomic mass is 19.4. The molecular weight excluding hydrogens is 389 g/mol. The number of hydrogen-bond donors (Lipinski definition) is 1. The molecule has 6 heteroatoms. The standard InChI is InChI=1S/C24H25F3N2O/c1-17(22-13-4-8-18-7-2-3-12-23(18)22)28-19-9-6-14-29(16-19)20-10-5-11-21(15-20)30-24(25,26)27/h2-5,7-8,10-13,15,17,19,28H,6,9,14,16H2,1H3. The van der Waals surface area contributed by atoms with Gasteiger partial charge in [-0.1, -0.05) is 48.5 Å². The van der Waals surface area contributed by atoms with E-state index < -0.39 is 6.36 Å². The van der Waals surface area contributed by atoms with Crippen LogP contribution in [-0.2, 0) is 0 Å². The Morgan fingerprint density at radius 3 is 2.63 bits per heavy atom. The molecule has 3 nitrogen and oxygen atoms in total. The molecule has 0 spiro atoms. The predicted molar refractivity (Wildman–Crippen MR) is 114 cm³/mol. The number of fused-ring (bicyclic) bond motifs is 1. The number of piperidine rings is 1. The second-order valence-corrected chi connectivity index (χ2v) is 7.79. The first-order valence-corrected chi connectivity index (χ1v) is 10.2. The average molecular weight is 414 g/mol.